The summed E-state index contributed by atoms with van der Waals surface area (Å²) in [7, 11) is -1.89. The molecule has 2 aromatic carbocycles. The van der Waals surface area contributed by atoms with E-state index < -0.39 is 7.75 Å². The Morgan fingerprint density at radius 1 is 1.00 bits per heavy atom. The van der Waals surface area contributed by atoms with Crippen LogP contribution in [0.15, 0.2) is 54.6 Å². The Morgan fingerprint density at radius 3 is 2.24 bits per heavy atom. The third-order valence-electron chi connectivity index (χ3n) is 2.62. The van der Waals surface area contributed by atoms with Crippen molar-refractivity contribution in [3.63, 3.8) is 0 Å². The number of benzene rings is 2. The molecule has 0 heterocycles. The van der Waals surface area contributed by atoms with E-state index in [1.807, 2.05) is 6.07 Å². The molecule has 1 atom stereocenters. The molecule has 0 aliphatic carbocycles. The number of anilines is 1. The Balaban J connectivity index is 2.15. The molecule has 0 saturated carbocycles. The maximum absolute atomic E-state index is 12.7. The topological polar surface area (TPSA) is 56.8 Å². The van der Waals surface area contributed by atoms with Gasteiger partial charge in [0.15, 0.2) is 0 Å². The predicted molar refractivity (Wildman–Crippen MR) is 82.9 cm³/mol. The van der Waals surface area contributed by atoms with Gasteiger partial charge in [-0.05, 0) is 43.3 Å². The SMILES string of the molecule is CCOP(=O)(Nc1ccc(OC)cc1)Oc1ccccc1. The van der Waals surface area contributed by atoms with E-state index in [9.17, 15) is 4.57 Å². The highest BCUT2D eigenvalue weighted by Crippen LogP contribution is 2.48. The summed E-state index contributed by atoms with van der Waals surface area (Å²) in [6.45, 7) is 2.03. The van der Waals surface area contributed by atoms with E-state index in [4.69, 9.17) is 13.8 Å². The van der Waals surface area contributed by atoms with Crippen LogP contribution in [-0.4, -0.2) is 13.7 Å². The minimum Gasteiger partial charge on any atom is -0.497 e. The van der Waals surface area contributed by atoms with E-state index in [2.05, 4.69) is 5.09 Å². The third kappa shape index (κ3) is 4.52. The van der Waals surface area contributed by atoms with Crippen molar-refractivity contribution in [2.75, 3.05) is 18.8 Å². The fourth-order valence-electron chi connectivity index (χ4n) is 1.70. The Kier molecular flexibility index (Phi) is 5.26. The number of ether oxygens (including phenoxy) is 1. The van der Waals surface area contributed by atoms with Crippen LogP contribution in [0.5, 0.6) is 11.5 Å². The van der Waals surface area contributed by atoms with Crippen molar-refractivity contribution in [1.82, 2.24) is 0 Å². The molecule has 2 aromatic rings. The average Bonchev–Trinajstić information content (AvgIpc) is 2.49. The first-order chi connectivity index (χ1) is 10.1. The van der Waals surface area contributed by atoms with Gasteiger partial charge in [-0.3, -0.25) is 9.61 Å². The van der Waals surface area contributed by atoms with Crippen molar-refractivity contribution in [2.45, 2.75) is 6.92 Å². The molecule has 0 aliphatic rings. The third-order valence-corrected chi connectivity index (χ3v) is 4.21. The first-order valence-electron chi connectivity index (χ1n) is 6.57. The van der Waals surface area contributed by atoms with Crippen LogP contribution in [0.1, 0.15) is 6.92 Å². The predicted octanol–water partition coefficient (Wildman–Crippen LogP) is 4.33. The number of para-hydroxylation sites is 1. The van der Waals surface area contributed by atoms with Crippen molar-refractivity contribution in [3.8, 4) is 11.5 Å². The Hall–Kier alpha value is -1.97. The van der Waals surface area contributed by atoms with Crippen molar-refractivity contribution in [3.05, 3.63) is 54.6 Å². The number of nitrogens with one attached hydrogen (secondary N) is 1. The normalized spacial score (nSPS) is 13.2. The van der Waals surface area contributed by atoms with Crippen LogP contribution in [0, 0.1) is 0 Å². The maximum Gasteiger partial charge on any atom is 0.486 e. The van der Waals surface area contributed by atoms with Gasteiger partial charge < -0.3 is 9.26 Å². The van der Waals surface area contributed by atoms with Crippen LogP contribution in [0.3, 0.4) is 0 Å². The molecule has 0 spiro atoms. The standard InChI is InChI=1S/C15H18NO4P/c1-3-19-21(17,20-15-7-5-4-6-8-15)16-13-9-11-14(18-2)12-10-13/h4-12H,3H2,1-2H3,(H,16,17). The van der Waals surface area contributed by atoms with Gasteiger partial charge >= 0.3 is 7.75 Å². The van der Waals surface area contributed by atoms with E-state index >= 15 is 0 Å². The molecule has 0 amide bonds. The van der Waals surface area contributed by atoms with Gasteiger partial charge in [0.25, 0.3) is 0 Å². The molecule has 2 rings (SSSR count). The summed E-state index contributed by atoms with van der Waals surface area (Å²) >= 11 is 0. The minimum absolute atomic E-state index is 0.271. The van der Waals surface area contributed by atoms with E-state index in [-0.39, 0.29) is 6.61 Å². The van der Waals surface area contributed by atoms with E-state index in [0.717, 1.165) is 5.75 Å². The number of hydrogen-bond acceptors (Lipinski definition) is 4. The molecule has 1 unspecified atom stereocenters. The van der Waals surface area contributed by atoms with Gasteiger partial charge in [0.1, 0.15) is 11.5 Å². The maximum atomic E-state index is 12.7. The van der Waals surface area contributed by atoms with E-state index in [1.165, 1.54) is 0 Å². The molecule has 6 heteroatoms. The highest BCUT2D eigenvalue weighted by atomic mass is 31.2. The molecule has 0 aliphatic heterocycles. The van der Waals surface area contributed by atoms with Gasteiger partial charge in [-0.1, -0.05) is 18.2 Å². The fraction of sp³-hybridized carbons (Fsp3) is 0.200. The molecular formula is C15H18NO4P. The molecule has 0 saturated heterocycles. The van der Waals surface area contributed by atoms with Gasteiger partial charge in [0.05, 0.1) is 13.7 Å². The van der Waals surface area contributed by atoms with Gasteiger partial charge in [-0.2, -0.15) is 0 Å². The van der Waals surface area contributed by atoms with Gasteiger partial charge in [0.2, 0.25) is 0 Å². The zero-order valence-electron chi connectivity index (χ0n) is 12.0. The summed E-state index contributed by atoms with van der Waals surface area (Å²) in [4.78, 5) is 0. The van der Waals surface area contributed by atoms with Gasteiger partial charge in [0, 0.05) is 5.69 Å². The second-order valence-corrected chi connectivity index (χ2v) is 5.82. The van der Waals surface area contributed by atoms with Gasteiger partial charge in [-0.15, -0.1) is 0 Å². The largest absolute Gasteiger partial charge is 0.497 e. The zero-order chi connectivity index (χ0) is 15.1. The lowest BCUT2D eigenvalue weighted by Crippen LogP contribution is -2.07. The molecule has 1 N–H and O–H groups in total. The molecule has 21 heavy (non-hydrogen) atoms. The molecule has 0 fully saturated rings. The molecule has 0 bridgehead atoms. The molecule has 112 valence electrons. The van der Waals surface area contributed by atoms with Crippen LogP contribution >= 0.6 is 7.75 Å². The number of methoxy groups -OCH3 is 1. The number of rotatable bonds is 7. The van der Waals surface area contributed by atoms with Crippen LogP contribution in [0.2, 0.25) is 0 Å². The van der Waals surface area contributed by atoms with Crippen LogP contribution < -0.4 is 14.3 Å². The summed E-state index contributed by atoms with van der Waals surface area (Å²) in [5.41, 5.74) is 0.628. The molecule has 0 aromatic heterocycles. The van der Waals surface area contributed by atoms with Crippen LogP contribution in [0.25, 0.3) is 0 Å². The first kappa shape index (κ1) is 15.4. The number of hydrogen-bond donors (Lipinski definition) is 1. The summed E-state index contributed by atoms with van der Waals surface area (Å²) in [5, 5.41) is 2.81. The highest BCUT2D eigenvalue weighted by Gasteiger charge is 2.26. The van der Waals surface area contributed by atoms with Gasteiger partial charge in [-0.25, -0.2) is 4.57 Å². The van der Waals surface area contributed by atoms with Crippen molar-refractivity contribution >= 4 is 13.4 Å². The molecule has 5 nitrogen and oxygen atoms in total. The summed E-state index contributed by atoms with van der Waals surface area (Å²) in [5.74, 6) is 1.20. The Bertz CT molecular complexity index is 601. The minimum atomic E-state index is -3.48. The summed E-state index contributed by atoms with van der Waals surface area (Å²) in [6, 6.07) is 15.9. The lowest BCUT2D eigenvalue weighted by Gasteiger charge is -2.20. The second kappa shape index (κ2) is 7.16. The van der Waals surface area contributed by atoms with E-state index in [1.54, 1.807) is 62.6 Å². The summed E-state index contributed by atoms with van der Waals surface area (Å²) < 4.78 is 28.6. The fourth-order valence-corrected chi connectivity index (χ4v) is 3.06. The molecular weight excluding hydrogens is 289 g/mol. The zero-order valence-corrected chi connectivity index (χ0v) is 12.9. The summed E-state index contributed by atoms with van der Waals surface area (Å²) in [6.07, 6.45) is 0. The van der Waals surface area contributed by atoms with Crippen LogP contribution in [-0.2, 0) is 9.09 Å². The second-order valence-electron chi connectivity index (χ2n) is 4.16. The van der Waals surface area contributed by atoms with Crippen molar-refractivity contribution in [1.29, 1.82) is 0 Å². The quantitative estimate of drug-likeness (QED) is 0.772. The molecule has 0 radical (unpaired) electrons. The van der Waals surface area contributed by atoms with Crippen molar-refractivity contribution in [2.24, 2.45) is 0 Å². The monoisotopic (exact) mass is 307 g/mol. The highest BCUT2D eigenvalue weighted by molar-refractivity contribution is 7.55. The Morgan fingerprint density at radius 2 is 1.67 bits per heavy atom. The average molecular weight is 307 g/mol. The van der Waals surface area contributed by atoms with Crippen molar-refractivity contribution < 1.29 is 18.3 Å². The smallest absolute Gasteiger partial charge is 0.486 e. The Labute approximate surface area is 124 Å². The lowest BCUT2D eigenvalue weighted by atomic mass is 10.3. The lowest BCUT2D eigenvalue weighted by molar-refractivity contribution is 0.284. The van der Waals surface area contributed by atoms with Crippen LogP contribution in [0.4, 0.5) is 5.69 Å². The first-order valence-corrected chi connectivity index (χ1v) is 8.11. The van der Waals surface area contributed by atoms with E-state index in [0.29, 0.717) is 11.4 Å².